The van der Waals surface area contributed by atoms with Crippen molar-refractivity contribution in [2.24, 2.45) is 0 Å². The van der Waals surface area contributed by atoms with Gasteiger partial charge in [-0.1, -0.05) is 25.4 Å². The van der Waals surface area contributed by atoms with E-state index in [0.29, 0.717) is 19.7 Å². The maximum Gasteiger partial charge on any atom is 0.342 e. The van der Waals surface area contributed by atoms with E-state index in [1.165, 1.54) is 18.3 Å². The number of anilines is 1. The molecule has 33 heavy (non-hydrogen) atoms. The molecule has 2 aromatic carbocycles. The quantitative estimate of drug-likeness (QED) is 0.206. The molecule has 3 rings (SSSR count). The molecule has 172 valence electrons. The number of hydrogen-bond donors (Lipinski definition) is 1. The zero-order chi connectivity index (χ0) is 24.3. The molecular weight excluding hydrogens is 584 g/mol. The van der Waals surface area contributed by atoms with Crippen LogP contribution in [-0.4, -0.2) is 33.2 Å². The smallest absolute Gasteiger partial charge is 0.342 e. The molecule has 0 spiro atoms. The number of nitro groups is 1. The molecule has 12 heteroatoms. The van der Waals surface area contributed by atoms with Gasteiger partial charge in [-0.05, 0) is 62.0 Å². The Morgan fingerprint density at radius 1 is 1.21 bits per heavy atom. The van der Waals surface area contributed by atoms with Crippen LogP contribution < -0.4 is 5.32 Å². The second-order valence-electron chi connectivity index (χ2n) is 7.15. The number of non-ortho nitro benzene ring substituents is 1. The number of halogens is 3. The van der Waals surface area contributed by atoms with Gasteiger partial charge in [-0.25, -0.2) is 9.48 Å². The third kappa shape index (κ3) is 5.79. The van der Waals surface area contributed by atoms with Crippen molar-refractivity contribution in [1.82, 2.24) is 9.78 Å². The first-order valence-corrected chi connectivity index (χ1v) is 11.5. The third-order valence-electron chi connectivity index (χ3n) is 4.48. The minimum atomic E-state index is -0.698. The Labute approximate surface area is 210 Å². The molecule has 0 bridgehead atoms. The van der Waals surface area contributed by atoms with E-state index < -0.39 is 23.4 Å². The molecule has 1 N–H and O–H groups in total. The Hall–Kier alpha value is -2.76. The highest BCUT2D eigenvalue weighted by Gasteiger charge is 2.23. The van der Waals surface area contributed by atoms with Gasteiger partial charge in [0.2, 0.25) is 0 Å². The Balaban J connectivity index is 1.73. The van der Waals surface area contributed by atoms with Gasteiger partial charge in [-0.15, -0.1) is 0 Å². The van der Waals surface area contributed by atoms with Gasteiger partial charge in [0.05, 0.1) is 28.2 Å². The van der Waals surface area contributed by atoms with Crippen molar-refractivity contribution in [3.05, 3.63) is 77.9 Å². The number of nitrogens with zero attached hydrogens (tertiary/aromatic N) is 3. The van der Waals surface area contributed by atoms with Crippen LogP contribution in [0.1, 0.15) is 35.8 Å². The highest BCUT2D eigenvalue weighted by molar-refractivity contribution is 9.11. The lowest BCUT2D eigenvalue weighted by Crippen LogP contribution is -2.22. The van der Waals surface area contributed by atoms with Gasteiger partial charge < -0.3 is 10.1 Å². The molecule has 0 aliphatic carbocycles. The largest absolute Gasteiger partial charge is 0.452 e. The Bertz CT molecular complexity index is 1200. The lowest BCUT2D eigenvalue weighted by Gasteiger charge is -2.13. The molecule has 0 unspecified atom stereocenters. The second kappa shape index (κ2) is 10.4. The van der Waals surface area contributed by atoms with Crippen molar-refractivity contribution in [2.45, 2.75) is 19.8 Å². The molecule has 0 aliphatic heterocycles. The molecule has 0 saturated carbocycles. The fraction of sp³-hybridized carbons (Fsp3) is 0.190. The summed E-state index contributed by atoms with van der Waals surface area (Å²) in [6.07, 6.45) is 1.40. The van der Waals surface area contributed by atoms with Crippen LogP contribution in [0.15, 0.2) is 51.5 Å². The van der Waals surface area contributed by atoms with Gasteiger partial charge in [0.15, 0.2) is 6.61 Å². The SMILES string of the molecule is CC(C)c1c(C(=O)OCC(=O)Nc2c(Br)cc([N+](=O)[O-])cc2Br)cnn1-c1ccc(Cl)cc1. The Morgan fingerprint density at radius 2 is 1.82 bits per heavy atom. The highest BCUT2D eigenvalue weighted by Crippen LogP contribution is 2.35. The van der Waals surface area contributed by atoms with Crippen molar-refractivity contribution in [2.75, 3.05) is 11.9 Å². The summed E-state index contributed by atoms with van der Waals surface area (Å²) < 4.78 is 7.43. The zero-order valence-electron chi connectivity index (χ0n) is 17.3. The average Bonchev–Trinajstić information content (AvgIpc) is 3.20. The molecule has 1 aromatic heterocycles. The van der Waals surface area contributed by atoms with E-state index in [-0.39, 0.29) is 22.9 Å². The number of aromatic nitrogens is 2. The fourth-order valence-electron chi connectivity index (χ4n) is 3.03. The topological polar surface area (TPSA) is 116 Å². The summed E-state index contributed by atoms with van der Waals surface area (Å²) in [7, 11) is 0. The number of nitrogens with one attached hydrogen (secondary N) is 1. The van der Waals surface area contributed by atoms with E-state index >= 15 is 0 Å². The summed E-state index contributed by atoms with van der Waals surface area (Å²) in [5, 5.41) is 18.4. The number of hydrogen-bond acceptors (Lipinski definition) is 6. The van der Waals surface area contributed by atoms with Crippen LogP contribution in [0.25, 0.3) is 5.69 Å². The average molecular weight is 601 g/mol. The lowest BCUT2D eigenvalue weighted by atomic mass is 10.1. The predicted molar refractivity (Wildman–Crippen MR) is 130 cm³/mol. The second-order valence-corrected chi connectivity index (χ2v) is 9.30. The standard InChI is InChI=1S/C21H17Br2ClN4O5/c1-11(2)20-15(9-25-27(20)13-5-3-12(24)4-6-13)21(30)33-10-18(29)26-19-16(22)7-14(28(31)32)8-17(19)23/h3-9,11H,10H2,1-2H3,(H,26,29). The van der Waals surface area contributed by atoms with E-state index in [1.807, 2.05) is 13.8 Å². The molecular formula is C21H17Br2ClN4O5. The van der Waals surface area contributed by atoms with Crippen LogP contribution in [0.2, 0.25) is 5.02 Å². The van der Waals surface area contributed by atoms with Crippen LogP contribution >= 0.6 is 43.5 Å². The minimum absolute atomic E-state index is 0.0634. The van der Waals surface area contributed by atoms with Gasteiger partial charge in [0.25, 0.3) is 11.6 Å². The van der Waals surface area contributed by atoms with Crippen molar-refractivity contribution in [3.63, 3.8) is 0 Å². The number of carbonyl (C=O) groups excluding carboxylic acids is 2. The number of benzene rings is 2. The van der Waals surface area contributed by atoms with Gasteiger partial charge >= 0.3 is 5.97 Å². The molecule has 0 saturated heterocycles. The van der Waals surface area contributed by atoms with Gasteiger partial charge in [-0.2, -0.15) is 5.10 Å². The number of amides is 1. The normalized spacial score (nSPS) is 10.8. The summed E-state index contributed by atoms with van der Waals surface area (Å²) in [5.74, 6) is -1.38. The number of carbonyl (C=O) groups is 2. The molecule has 0 fully saturated rings. The van der Waals surface area contributed by atoms with Gasteiger partial charge in [0.1, 0.15) is 5.56 Å². The summed E-state index contributed by atoms with van der Waals surface area (Å²) in [6.45, 7) is 3.27. The Morgan fingerprint density at radius 3 is 2.36 bits per heavy atom. The van der Waals surface area contributed by atoms with Crippen LogP contribution in [0.4, 0.5) is 11.4 Å². The summed E-state index contributed by atoms with van der Waals surface area (Å²) in [6, 6.07) is 9.52. The number of rotatable bonds is 7. The maximum atomic E-state index is 12.7. The van der Waals surface area contributed by atoms with Gasteiger partial charge in [-0.3, -0.25) is 14.9 Å². The molecule has 3 aromatic rings. The summed E-state index contributed by atoms with van der Waals surface area (Å²) >= 11 is 12.3. The van der Waals surface area contributed by atoms with Crippen LogP contribution in [0, 0.1) is 10.1 Å². The molecule has 9 nitrogen and oxygen atoms in total. The van der Waals surface area contributed by atoms with Crippen LogP contribution in [-0.2, 0) is 9.53 Å². The van der Waals surface area contributed by atoms with E-state index in [0.717, 1.165) is 5.69 Å². The summed E-state index contributed by atoms with van der Waals surface area (Å²) in [5.41, 5.74) is 1.72. The number of esters is 1. The fourth-order valence-corrected chi connectivity index (χ4v) is 4.51. The molecule has 0 radical (unpaired) electrons. The van der Waals surface area contributed by atoms with E-state index in [9.17, 15) is 19.7 Å². The molecule has 0 atom stereocenters. The lowest BCUT2D eigenvalue weighted by molar-refractivity contribution is -0.385. The molecule has 1 amide bonds. The first-order valence-electron chi connectivity index (χ1n) is 9.52. The van der Waals surface area contributed by atoms with Crippen molar-refractivity contribution < 1.29 is 19.2 Å². The van der Waals surface area contributed by atoms with Crippen LogP contribution in [0.3, 0.4) is 0 Å². The number of nitro benzene ring substituents is 1. The third-order valence-corrected chi connectivity index (χ3v) is 5.98. The van der Waals surface area contributed by atoms with E-state index in [4.69, 9.17) is 16.3 Å². The maximum absolute atomic E-state index is 12.7. The number of ether oxygens (including phenoxy) is 1. The van der Waals surface area contributed by atoms with Gasteiger partial charge in [0, 0.05) is 26.1 Å². The van der Waals surface area contributed by atoms with Crippen molar-refractivity contribution in [3.8, 4) is 5.69 Å². The molecule has 1 heterocycles. The summed E-state index contributed by atoms with van der Waals surface area (Å²) in [4.78, 5) is 35.4. The highest BCUT2D eigenvalue weighted by atomic mass is 79.9. The predicted octanol–water partition coefficient (Wildman–Crippen LogP) is 5.88. The monoisotopic (exact) mass is 598 g/mol. The Kier molecular flexibility index (Phi) is 7.88. The first kappa shape index (κ1) is 24.9. The zero-order valence-corrected chi connectivity index (χ0v) is 21.3. The first-order chi connectivity index (χ1) is 15.6. The van der Waals surface area contributed by atoms with Crippen molar-refractivity contribution >= 4 is 66.7 Å². The molecule has 0 aliphatic rings. The van der Waals surface area contributed by atoms with E-state index in [2.05, 4.69) is 42.3 Å². The van der Waals surface area contributed by atoms with Crippen LogP contribution in [0.5, 0.6) is 0 Å². The van der Waals surface area contributed by atoms with E-state index in [1.54, 1.807) is 28.9 Å². The minimum Gasteiger partial charge on any atom is -0.452 e. The van der Waals surface area contributed by atoms with Crippen molar-refractivity contribution in [1.29, 1.82) is 0 Å².